The van der Waals surface area contributed by atoms with Crippen molar-refractivity contribution in [3.63, 3.8) is 0 Å². The van der Waals surface area contributed by atoms with Gasteiger partial charge in [-0.1, -0.05) is 6.07 Å². The third-order valence-electron chi connectivity index (χ3n) is 8.82. The molecule has 0 bridgehead atoms. The third kappa shape index (κ3) is 4.57. The first-order valence-electron chi connectivity index (χ1n) is 13.5. The number of aromatic nitrogens is 3. The van der Waals surface area contributed by atoms with Crippen LogP contribution in [-0.4, -0.2) is 64.4 Å². The van der Waals surface area contributed by atoms with Gasteiger partial charge in [-0.2, -0.15) is 10.2 Å². The quantitative estimate of drug-likeness (QED) is 0.680. The molecule has 6 rings (SSSR count). The van der Waals surface area contributed by atoms with E-state index in [4.69, 9.17) is 9.72 Å². The van der Waals surface area contributed by atoms with Crippen molar-refractivity contribution in [1.82, 2.24) is 30.9 Å². The van der Waals surface area contributed by atoms with Gasteiger partial charge in [0, 0.05) is 43.5 Å². The fourth-order valence-corrected chi connectivity index (χ4v) is 7.02. The minimum atomic E-state index is 0.0223. The van der Waals surface area contributed by atoms with Crippen molar-refractivity contribution in [2.45, 2.75) is 83.2 Å². The predicted octanol–water partition coefficient (Wildman–Crippen LogP) is 3.24. The Hall–Kier alpha value is -2.13. The van der Waals surface area contributed by atoms with E-state index in [1.54, 1.807) is 0 Å². The van der Waals surface area contributed by atoms with Crippen LogP contribution in [-0.2, 0) is 4.74 Å². The van der Waals surface area contributed by atoms with Crippen LogP contribution in [0.2, 0.25) is 0 Å². The molecule has 3 aliphatic heterocycles. The second kappa shape index (κ2) is 9.73. The highest BCUT2D eigenvalue weighted by molar-refractivity contribution is 5.41. The highest BCUT2D eigenvalue weighted by atomic mass is 16.5. The minimum Gasteiger partial charge on any atom is -0.370 e. The summed E-state index contributed by atoms with van der Waals surface area (Å²) in [5.41, 5.74) is 11.7. The number of pyridine rings is 1. The first kappa shape index (κ1) is 23.3. The molecular formula is C27H39N7O. The smallest absolute Gasteiger partial charge is 0.128 e. The van der Waals surface area contributed by atoms with Gasteiger partial charge in [0.2, 0.25) is 0 Å². The van der Waals surface area contributed by atoms with E-state index in [1.165, 1.54) is 37.1 Å². The van der Waals surface area contributed by atoms with Crippen LogP contribution in [0.3, 0.4) is 0 Å². The lowest BCUT2D eigenvalue weighted by Gasteiger charge is -2.38. The summed E-state index contributed by atoms with van der Waals surface area (Å²) in [7, 11) is 0. The van der Waals surface area contributed by atoms with Gasteiger partial charge in [-0.05, 0) is 82.5 Å². The number of hydrogen-bond acceptors (Lipinski definition) is 8. The molecule has 4 aliphatic rings. The highest BCUT2D eigenvalue weighted by Crippen LogP contribution is 2.40. The molecule has 2 aromatic rings. The highest BCUT2D eigenvalue weighted by Gasteiger charge is 2.42. The van der Waals surface area contributed by atoms with Crippen LogP contribution in [0.15, 0.2) is 24.5 Å². The topological polar surface area (TPSA) is 78.4 Å². The Balaban J connectivity index is 1.11. The van der Waals surface area contributed by atoms with Crippen LogP contribution >= 0.6 is 0 Å². The molecule has 35 heavy (non-hydrogen) atoms. The Morgan fingerprint density at radius 3 is 2.80 bits per heavy atom. The Bertz CT molecular complexity index is 1010. The van der Waals surface area contributed by atoms with Gasteiger partial charge in [-0.3, -0.25) is 10.3 Å². The summed E-state index contributed by atoms with van der Waals surface area (Å²) < 4.78 is 6.61. The first-order valence-corrected chi connectivity index (χ1v) is 13.5. The van der Waals surface area contributed by atoms with Gasteiger partial charge in [0.1, 0.15) is 5.82 Å². The number of hydrazine groups is 1. The van der Waals surface area contributed by atoms with Crippen molar-refractivity contribution in [1.29, 1.82) is 0 Å². The summed E-state index contributed by atoms with van der Waals surface area (Å²) in [6.07, 6.45) is 10.1. The average Bonchev–Trinajstić information content (AvgIpc) is 3.50. The van der Waals surface area contributed by atoms with E-state index in [1.807, 2.05) is 13.1 Å². The standard InChI is InChI=1S/C27H39N7O/c1-17-14-29-30-18(2)26(17)19(3)35-22-7-8-24-23(13-22)27(32-31-24)20-6-9-25(28-15-20)34-12-11-33-10-4-5-21(33)16-34/h6,9,14-15,19,21-24,27,31-32H,4-5,7-8,10-13,16H2,1-3H3/t19-,21+,22?,23?,24?,27?/m1/s1. The Labute approximate surface area is 208 Å². The monoisotopic (exact) mass is 477 g/mol. The third-order valence-corrected chi connectivity index (χ3v) is 8.82. The molecular weight excluding hydrogens is 438 g/mol. The zero-order chi connectivity index (χ0) is 23.9. The molecule has 2 aromatic heterocycles. The molecule has 0 radical (unpaired) electrons. The maximum Gasteiger partial charge on any atom is 0.128 e. The predicted molar refractivity (Wildman–Crippen MR) is 136 cm³/mol. The largest absolute Gasteiger partial charge is 0.370 e. The van der Waals surface area contributed by atoms with Gasteiger partial charge in [0.15, 0.2) is 0 Å². The lowest BCUT2D eigenvalue weighted by Crippen LogP contribution is -2.50. The summed E-state index contributed by atoms with van der Waals surface area (Å²) in [5.74, 6) is 1.62. The number of aryl methyl sites for hydroxylation is 2. The molecule has 2 N–H and O–H groups in total. The van der Waals surface area contributed by atoms with E-state index in [0.29, 0.717) is 18.0 Å². The molecule has 188 valence electrons. The van der Waals surface area contributed by atoms with Crippen molar-refractivity contribution in [3.05, 3.63) is 46.9 Å². The molecule has 3 saturated heterocycles. The fourth-order valence-electron chi connectivity index (χ4n) is 7.02. The second-order valence-corrected chi connectivity index (χ2v) is 11.0. The first-order chi connectivity index (χ1) is 17.1. The summed E-state index contributed by atoms with van der Waals surface area (Å²) in [6, 6.07) is 5.98. The number of nitrogens with zero attached hydrogens (tertiary/aromatic N) is 5. The molecule has 8 heteroatoms. The molecule has 6 atom stereocenters. The van der Waals surface area contributed by atoms with Crippen LogP contribution in [0.4, 0.5) is 5.82 Å². The number of fused-ring (bicyclic) bond motifs is 2. The Morgan fingerprint density at radius 2 is 1.97 bits per heavy atom. The number of hydrogen-bond donors (Lipinski definition) is 2. The summed E-state index contributed by atoms with van der Waals surface area (Å²) in [4.78, 5) is 10.0. The van der Waals surface area contributed by atoms with Crippen molar-refractivity contribution in [2.75, 3.05) is 31.1 Å². The number of piperazine rings is 1. The molecule has 1 aliphatic carbocycles. The molecule has 4 unspecified atom stereocenters. The molecule has 0 amide bonds. The van der Waals surface area contributed by atoms with E-state index < -0.39 is 0 Å². The number of rotatable bonds is 5. The lowest BCUT2D eigenvalue weighted by molar-refractivity contribution is -0.0377. The van der Waals surface area contributed by atoms with Gasteiger partial charge >= 0.3 is 0 Å². The zero-order valence-electron chi connectivity index (χ0n) is 21.3. The zero-order valence-corrected chi connectivity index (χ0v) is 21.3. The van der Waals surface area contributed by atoms with Crippen molar-refractivity contribution >= 4 is 5.82 Å². The van der Waals surface area contributed by atoms with Gasteiger partial charge in [-0.25, -0.2) is 10.4 Å². The number of nitrogens with one attached hydrogen (secondary N) is 2. The maximum atomic E-state index is 6.61. The molecule has 8 nitrogen and oxygen atoms in total. The van der Waals surface area contributed by atoms with E-state index in [2.05, 4.69) is 63.0 Å². The van der Waals surface area contributed by atoms with Gasteiger partial charge in [0.25, 0.3) is 0 Å². The Kier molecular flexibility index (Phi) is 6.47. The minimum absolute atomic E-state index is 0.0223. The molecule has 0 spiro atoms. The van der Waals surface area contributed by atoms with Gasteiger partial charge in [0.05, 0.1) is 30.1 Å². The van der Waals surface area contributed by atoms with Crippen molar-refractivity contribution in [3.8, 4) is 0 Å². The Morgan fingerprint density at radius 1 is 1.06 bits per heavy atom. The van der Waals surface area contributed by atoms with Crippen LogP contribution in [0.1, 0.15) is 73.6 Å². The number of anilines is 1. The van der Waals surface area contributed by atoms with Gasteiger partial charge < -0.3 is 9.64 Å². The summed E-state index contributed by atoms with van der Waals surface area (Å²) in [5, 5.41) is 8.33. The SMILES string of the molecule is Cc1cnnc(C)c1[C@@H](C)OC1CCC2NNC(c3ccc(N4CCN5CCC[C@H]5C4)nc3)C2C1. The maximum absolute atomic E-state index is 6.61. The summed E-state index contributed by atoms with van der Waals surface area (Å²) in [6.45, 7) is 10.9. The molecule has 4 fully saturated rings. The van der Waals surface area contributed by atoms with Crippen LogP contribution in [0.25, 0.3) is 0 Å². The fraction of sp³-hybridized carbons (Fsp3) is 0.667. The van der Waals surface area contributed by atoms with Crippen LogP contribution in [0.5, 0.6) is 0 Å². The van der Waals surface area contributed by atoms with E-state index in [-0.39, 0.29) is 18.2 Å². The van der Waals surface area contributed by atoms with E-state index in [0.717, 1.165) is 49.4 Å². The normalized spacial score (nSPS) is 31.9. The number of ether oxygens (including phenoxy) is 1. The van der Waals surface area contributed by atoms with Crippen molar-refractivity contribution < 1.29 is 4.74 Å². The van der Waals surface area contributed by atoms with Crippen LogP contribution < -0.4 is 15.8 Å². The van der Waals surface area contributed by atoms with E-state index in [9.17, 15) is 0 Å². The molecule has 0 aromatic carbocycles. The van der Waals surface area contributed by atoms with Crippen molar-refractivity contribution in [2.24, 2.45) is 5.92 Å². The van der Waals surface area contributed by atoms with E-state index >= 15 is 0 Å². The lowest BCUT2D eigenvalue weighted by atomic mass is 9.78. The summed E-state index contributed by atoms with van der Waals surface area (Å²) >= 11 is 0. The molecule has 5 heterocycles. The van der Waals surface area contributed by atoms with Crippen LogP contribution in [0, 0.1) is 19.8 Å². The average molecular weight is 478 g/mol. The van der Waals surface area contributed by atoms with Gasteiger partial charge in [-0.15, -0.1) is 0 Å². The second-order valence-electron chi connectivity index (χ2n) is 11.0. The molecule has 1 saturated carbocycles.